The zero-order valence-electron chi connectivity index (χ0n) is 11.9. The molecule has 0 bridgehead atoms. The van der Waals surface area contributed by atoms with Crippen molar-refractivity contribution in [3.63, 3.8) is 0 Å². The van der Waals surface area contributed by atoms with Gasteiger partial charge in [0.05, 0.1) is 11.4 Å². The first-order valence-corrected chi connectivity index (χ1v) is 8.12. The number of halogens is 7. The number of pyridine rings is 2. The summed E-state index contributed by atoms with van der Waals surface area (Å²) in [6.07, 6.45) is 0.100. The van der Waals surface area contributed by atoms with Gasteiger partial charge in [-0.15, -0.1) is 23.2 Å². The average Bonchev–Trinajstić information content (AvgIpc) is 2.55. The van der Waals surface area contributed by atoms with Crippen LogP contribution in [0, 0.1) is 0 Å². The Balaban J connectivity index is 0.000000240. The second-order valence-electron chi connectivity index (χ2n) is 4.32. The number of hydrogen-bond acceptors (Lipinski definition) is 2. The SMILES string of the molecule is ClCc1ccc(C=C(Cl)Cl)nc1.FC(F)(F)C(Cl)c1ccccn1. The van der Waals surface area contributed by atoms with E-state index in [4.69, 9.17) is 46.4 Å². The minimum Gasteiger partial charge on any atom is -0.259 e. The van der Waals surface area contributed by atoms with Crippen molar-refractivity contribution in [2.75, 3.05) is 0 Å². The molecule has 1 unspecified atom stereocenters. The van der Waals surface area contributed by atoms with Gasteiger partial charge in [0.2, 0.25) is 0 Å². The van der Waals surface area contributed by atoms with Gasteiger partial charge >= 0.3 is 6.18 Å². The molecule has 9 heteroatoms. The molecule has 0 N–H and O–H groups in total. The van der Waals surface area contributed by atoms with Crippen LogP contribution >= 0.6 is 46.4 Å². The van der Waals surface area contributed by atoms with E-state index >= 15 is 0 Å². The van der Waals surface area contributed by atoms with Crippen LogP contribution in [-0.2, 0) is 5.88 Å². The second-order valence-corrected chi connectivity index (χ2v) is 6.03. The lowest BCUT2D eigenvalue weighted by molar-refractivity contribution is -0.132. The summed E-state index contributed by atoms with van der Waals surface area (Å²) >= 11 is 21.6. The molecule has 2 aromatic rings. The monoisotopic (exact) mass is 416 g/mol. The lowest BCUT2D eigenvalue weighted by Crippen LogP contribution is -2.16. The largest absolute Gasteiger partial charge is 0.410 e. The quantitative estimate of drug-likeness (QED) is 0.531. The van der Waals surface area contributed by atoms with Crippen LogP contribution in [0.1, 0.15) is 22.3 Å². The number of alkyl halides is 5. The van der Waals surface area contributed by atoms with Gasteiger partial charge in [-0.3, -0.25) is 9.97 Å². The maximum absolute atomic E-state index is 12.0. The van der Waals surface area contributed by atoms with Crippen LogP contribution in [-0.4, -0.2) is 16.1 Å². The molecule has 0 amide bonds. The Hall–Kier alpha value is -1.01. The van der Waals surface area contributed by atoms with Crippen molar-refractivity contribution in [2.45, 2.75) is 17.4 Å². The molecule has 0 aromatic carbocycles. The van der Waals surface area contributed by atoms with E-state index < -0.39 is 11.6 Å². The average molecular weight is 418 g/mol. The summed E-state index contributed by atoms with van der Waals surface area (Å²) < 4.78 is 36.1. The van der Waals surface area contributed by atoms with Crippen molar-refractivity contribution < 1.29 is 13.2 Å². The maximum Gasteiger partial charge on any atom is 0.410 e. The minimum absolute atomic E-state index is 0.174. The van der Waals surface area contributed by atoms with Gasteiger partial charge in [-0.1, -0.05) is 35.3 Å². The molecule has 0 aliphatic rings. The maximum atomic E-state index is 12.0. The van der Waals surface area contributed by atoms with Crippen molar-refractivity contribution in [1.82, 2.24) is 9.97 Å². The van der Waals surface area contributed by atoms with Crippen LogP contribution in [0.15, 0.2) is 47.2 Å². The van der Waals surface area contributed by atoms with Gasteiger partial charge < -0.3 is 0 Å². The lowest BCUT2D eigenvalue weighted by atomic mass is 10.2. The summed E-state index contributed by atoms with van der Waals surface area (Å²) in [6.45, 7) is 0. The smallest absolute Gasteiger partial charge is 0.259 e. The molecule has 2 rings (SSSR count). The molecule has 0 spiro atoms. The summed E-state index contributed by atoms with van der Waals surface area (Å²) in [5.74, 6) is 0.464. The Morgan fingerprint density at radius 2 is 1.83 bits per heavy atom. The standard InChI is InChI=1S/C8H6Cl3N.C7H5ClF3N/c9-4-6-1-2-7(12-5-6)3-8(10)11;8-6(7(9,10)11)5-3-1-2-4-12-5/h1-3,5H,4H2;1-4,6H. The molecule has 2 aromatic heterocycles. The van der Waals surface area contributed by atoms with E-state index in [0.29, 0.717) is 5.88 Å². The fourth-order valence-electron chi connectivity index (χ4n) is 1.41. The zero-order chi connectivity index (χ0) is 18.2. The third-order valence-corrected chi connectivity index (χ3v) is 3.49. The highest BCUT2D eigenvalue weighted by Crippen LogP contribution is 2.36. The van der Waals surface area contributed by atoms with Gasteiger partial charge in [0, 0.05) is 18.3 Å². The van der Waals surface area contributed by atoms with Crippen molar-refractivity contribution in [3.8, 4) is 0 Å². The highest BCUT2D eigenvalue weighted by Gasteiger charge is 2.40. The van der Waals surface area contributed by atoms with Crippen molar-refractivity contribution in [1.29, 1.82) is 0 Å². The van der Waals surface area contributed by atoms with Gasteiger partial charge in [-0.25, -0.2) is 0 Å². The Morgan fingerprint density at radius 3 is 2.25 bits per heavy atom. The van der Waals surface area contributed by atoms with E-state index in [0.717, 1.165) is 11.3 Å². The number of nitrogens with zero attached hydrogens (tertiary/aromatic N) is 2. The third kappa shape index (κ3) is 7.71. The first kappa shape index (κ1) is 21.0. The van der Waals surface area contributed by atoms with E-state index in [1.807, 2.05) is 12.1 Å². The third-order valence-electron chi connectivity index (χ3n) is 2.49. The lowest BCUT2D eigenvalue weighted by Gasteiger charge is -2.11. The number of aromatic nitrogens is 2. The van der Waals surface area contributed by atoms with Crippen LogP contribution < -0.4 is 0 Å². The fraction of sp³-hybridized carbons (Fsp3) is 0.200. The topological polar surface area (TPSA) is 25.8 Å². The van der Waals surface area contributed by atoms with Gasteiger partial charge in [-0.05, 0) is 29.8 Å². The molecule has 0 fully saturated rings. The van der Waals surface area contributed by atoms with Crippen molar-refractivity contribution >= 4 is 52.5 Å². The molecule has 24 heavy (non-hydrogen) atoms. The second kappa shape index (κ2) is 10.1. The fourth-order valence-corrected chi connectivity index (χ4v) is 1.92. The van der Waals surface area contributed by atoms with E-state index in [1.54, 1.807) is 12.3 Å². The molecule has 0 saturated heterocycles. The van der Waals surface area contributed by atoms with Crippen LogP contribution in [0.4, 0.5) is 13.2 Å². The molecular formula is C15H11Cl4F3N2. The first-order valence-electron chi connectivity index (χ1n) is 6.39. The summed E-state index contributed by atoms with van der Waals surface area (Å²) in [5.41, 5.74) is 1.52. The predicted octanol–water partition coefficient (Wildman–Crippen LogP) is 6.52. The van der Waals surface area contributed by atoms with E-state index in [1.165, 1.54) is 24.4 Å². The van der Waals surface area contributed by atoms with Crippen LogP contribution in [0.5, 0.6) is 0 Å². The van der Waals surface area contributed by atoms with Crippen LogP contribution in [0.3, 0.4) is 0 Å². The molecule has 0 radical (unpaired) electrons. The Morgan fingerprint density at radius 1 is 1.12 bits per heavy atom. The molecule has 1 atom stereocenters. The Bertz CT molecular complexity index is 642. The van der Waals surface area contributed by atoms with E-state index in [2.05, 4.69) is 9.97 Å². The van der Waals surface area contributed by atoms with Gasteiger partial charge in [-0.2, -0.15) is 13.2 Å². The first-order chi connectivity index (χ1) is 11.2. The van der Waals surface area contributed by atoms with E-state index in [9.17, 15) is 13.2 Å². The molecule has 0 aliphatic carbocycles. The highest BCUT2D eigenvalue weighted by atomic mass is 35.5. The predicted molar refractivity (Wildman–Crippen MR) is 92.4 cm³/mol. The summed E-state index contributed by atoms with van der Waals surface area (Å²) in [5, 5.41) is -2.02. The number of rotatable bonds is 3. The zero-order valence-corrected chi connectivity index (χ0v) is 15.0. The Labute approximate surface area is 157 Å². The normalized spacial score (nSPS) is 12.0. The Kier molecular flexibility index (Phi) is 8.84. The van der Waals surface area contributed by atoms with Crippen LogP contribution in [0.25, 0.3) is 6.08 Å². The van der Waals surface area contributed by atoms with Crippen molar-refractivity contribution in [3.05, 3.63) is 64.2 Å². The van der Waals surface area contributed by atoms with Crippen molar-refractivity contribution in [2.24, 2.45) is 0 Å². The molecule has 0 saturated carbocycles. The number of hydrogen-bond donors (Lipinski definition) is 0. The van der Waals surface area contributed by atoms with Crippen LogP contribution in [0.2, 0.25) is 0 Å². The summed E-state index contributed by atoms with van der Waals surface area (Å²) in [6, 6.07) is 7.92. The molecular weight excluding hydrogens is 407 g/mol. The van der Waals surface area contributed by atoms with E-state index in [-0.39, 0.29) is 10.2 Å². The highest BCUT2D eigenvalue weighted by molar-refractivity contribution is 6.57. The summed E-state index contributed by atoms with van der Waals surface area (Å²) in [4.78, 5) is 7.55. The van der Waals surface area contributed by atoms with Gasteiger partial charge in [0.25, 0.3) is 0 Å². The van der Waals surface area contributed by atoms with Gasteiger partial charge in [0.1, 0.15) is 4.49 Å². The molecule has 2 nitrogen and oxygen atoms in total. The van der Waals surface area contributed by atoms with Gasteiger partial charge in [0.15, 0.2) is 5.38 Å². The summed E-state index contributed by atoms with van der Waals surface area (Å²) in [7, 11) is 0. The molecule has 2 heterocycles. The minimum atomic E-state index is -4.43. The molecule has 0 aliphatic heterocycles. The molecule has 130 valence electrons.